The number of nitrogens with zero attached hydrogens (tertiary/aromatic N) is 2. The molecule has 174 valence electrons. The summed E-state index contributed by atoms with van der Waals surface area (Å²) in [7, 11) is 0. The van der Waals surface area contributed by atoms with Crippen LogP contribution in [-0.4, -0.2) is 15.7 Å². The molecule has 0 unspecified atom stereocenters. The van der Waals surface area contributed by atoms with Gasteiger partial charge in [-0.3, -0.25) is 9.48 Å². The summed E-state index contributed by atoms with van der Waals surface area (Å²) in [4.78, 5) is 12.9. The quantitative estimate of drug-likeness (QED) is 0.379. The van der Waals surface area contributed by atoms with Gasteiger partial charge in [-0.1, -0.05) is 79.2 Å². The van der Waals surface area contributed by atoms with Crippen LogP contribution in [0.1, 0.15) is 55.8 Å². The highest BCUT2D eigenvalue weighted by molar-refractivity contribution is 6.42. The van der Waals surface area contributed by atoms with Crippen LogP contribution >= 0.6 is 34.8 Å². The Hall–Kier alpha value is -2.01. The van der Waals surface area contributed by atoms with Crippen molar-refractivity contribution in [1.82, 2.24) is 15.1 Å². The van der Waals surface area contributed by atoms with E-state index in [1.54, 1.807) is 6.07 Å². The Balaban J connectivity index is 1.60. The maximum atomic E-state index is 12.9. The molecule has 0 bridgehead atoms. The van der Waals surface area contributed by atoms with E-state index in [1.165, 1.54) is 6.42 Å². The van der Waals surface area contributed by atoms with E-state index in [4.69, 9.17) is 39.9 Å². The third-order valence-electron chi connectivity index (χ3n) is 6.55. The van der Waals surface area contributed by atoms with Crippen molar-refractivity contribution in [3.05, 3.63) is 74.4 Å². The van der Waals surface area contributed by atoms with Crippen molar-refractivity contribution in [3.63, 3.8) is 0 Å². The van der Waals surface area contributed by atoms with Gasteiger partial charge in [0.2, 0.25) is 5.91 Å². The minimum atomic E-state index is -0.286. The summed E-state index contributed by atoms with van der Waals surface area (Å²) in [6.45, 7) is 4.97. The second kappa shape index (κ2) is 10.1. The summed E-state index contributed by atoms with van der Waals surface area (Å²) in [6.07, 6.45) is 5.31. The molecule has 1 aliphatic carbocycles. The molecular formula is C26H28Cl3N3O. The molecule has 1 aromatic heterocycles. The van der Waals surface area contributed by atoms with E-state index < -0.39 is 0 Å². The molecule has 4 rings (SSSR count). The molecule has 0 spiro atoms. The van der Waals surface area contributed by atoms with Crippen LogP contribution in [-0.2, 0) is 17.9 Å². The Kier molecular flexibility index (Phi) is 7.37. The Morgan fingerprint density at radius 1 is 1.00 bits per heavy atom. The fourth-order valence-corrected chi connectivity index (χ4v) is 4.92. The third-order valence-corrected chi connectivity index (χ3v) is 7.70. The predicted molar refractivity (Wildman–Crippen MR) is 136 cm³/mol. The van der Waals surface area contributed by atoms with Gasteiger partial charge in [0.25, 0.3) is 0 Å². The lowest BCUT2D eigenvalue weighted by molar-refractivity contribution is -0.132. The van der Waals surface area contributed by atoms with Crippen LogP contribution in [0.3, 0.4) is 0 Å². The number of halogens is 3. The highest BCUT2D eigenvalue weighted by Gasteiger charge is 2.34. The first-order valence-corrected chi connectivity index (χ1v) is 12.4. The average molecular weight is 505 g/mol. The highest BCUT2D eigenvalue weighted by Crippen LogP contribution is 2.36. The normalized spacial score (nSPS) is 15.4. The lowest BCUT2D eigenvalue weighted by atomic mass is 9.75. The number of amides is 1. The maximum Gasteiger partial charge on any atom is 0.226 e. The molecule has 1 saturated carbocycles. The van der Waals surface area contributed by atoms with Gasteiger partial charge in [0.1, 0.15) is 0 Å². The van der Waals surface area contributed by atoms with Crippen LogP contribution < -0.4 is 5.32 Å². The van der Waals surface area contributed by atoms with Gasteiger partial charge in [0.15, 0.2) is 0 Å². The van der Waals surface area contributed by atoms with Crippen molar-refractivity contribution in [2.24, 2.45) is 5.41 Å². The first kappa shape index (κ1) is 24.1. The van der Waals surface area contributed by atoms with Crippen molar-refractivity contribution < 1.29 is 4.79 Å². The van der Waals surface area contributed by atoms with Crippen LogP contribution in [0.25, 0.3) is 11.3 Å². The number of benzene rings is 2. The topological polar surface area (TPSA) is 46.9 Å². The second-order valence-electron chi connectivity index (χ2n) is 9.19. The van der Waals surface area contributed by atoms with Crippen LogP contribution in [0.4, 0.5) is 0 Å². The molecule has 0 radical (unpaired) electrons. The monoisotopic (exact) mass is 503 g/mol. The molecule has 3 aromatic rings. The number of nitrogens with one attached hydrogen (secondary N) is 1. The van der Waals surface area contributed by atoms with Gasteiger partial charge in [-0.25, -0.2) is 0 Å². The summed E-state index contributed by atoms with van der Waals surface area (Å²) in [6, 6.07) is 13.6. The van der Waals surface area contributed by atoms with E-state index in [9.17, 15) is 4.79 Å². The van der Waals surface area contributed by atoms with Crippen molar-refractivity contribution in [2.45, 2.75) is 59.0 Å². The summed E-state index contributed by atoms with van der Waals surface area (Å²) < 4.78 is 1.92. The Labute approximate surface area is 210 Å². The van der Waals surface area contributed by atoms with Crippen molar-refractivity contribution in [1.29, 1.82) is 0 Å². The van der Waals surface area contributed by atoms with E-state index in [0.29, 0.717) is 23.1 Å². The Morgan fingerprint density at radius 2 is 1.76 bits per heavy atom. The summed E-state index contributed by atoms with van der Waals surface area (Å²) in [5.74, 6) is 0.109. The molecule has 1 N–H and O–H groups in total. The lowest BCUT2D eigenvalue weighted by Crippen LogP contribution is -2.39. The summed E-state index contributed by atoms with van der Waals surface area (Å²) in [5, 5.41) is 9.64. The zero-order valence-electron chi connectivity index (χ0n) is 18.9. The van der Waals surface area contributed by atoms with Gasteiger partial charge in [-0.05, 0) is 55.2 Å². The van der Waals surface area contributed by atoms with Gasteiger partial charge in [-0.15, -0.1) is 0 Å². The van der Waals surface area contributed by atoms with Crippen molar-refractivity contribution in [2.75, 3.05) is 0 Å². The smallest absolute Gasteiger partial charge is 0.226 e. The average Bonchev–Trinajstić information content (AvgIpc) is 3.19. The molecule has 4 nitrogen and oxygen atoms in total. The van der Waals surface area contributed by atoms with Gasteiger partial charge in [-0.2, -0.15) is 5.10 Å². The van der Waals surface area contributed by atoms with E-state index >= 15 is 0 Å². The van der Waals surface area contributed by atoms with E-state index in [0.717, 1.165) is 58.8 Å². The first-order chi connectivity index (χ1) is 15.7. The molecule has 1 heterocycles. The molecule has 33 heavy (non-hydrogen) atoms. The summed E-state index contributed by atoms with van der Waals surface area (Å²) >= 11 is 18.8. The van der Waals surface area contributed by atoms with Crippen LogP contribution in [0.5, 0.6) is 0 Å². The fourth-order valence-electron chi connectivity index (χ4n) is 4.42. The Bertz CT molecular complexity index is 1170. The lowest BCUT2D eigenvalue weighted by Gasteiger charge is -2.31. The molecule has 2 aromatic carbocycles. The highest BCUT2D eigenvalue weighted by atomic mass is 35.5. The molecular weight excluding hydrogens is 477 g/mol. The van der Waals surface area contributed by atoms with Gasteiger partial charge >= 0.3 is 0 Å². The van der Waals surface area contributed by atoms with Crippen LogP contribution in [0, 0.1) is 12.3 Å². The number of hydrogen-bond donors (Lipinski definition) is 1. The van der Waals surface area contributed by atoms with Crippen LogP contribution in [0.15, 0.2) is 42.5 Å². The predicted octanol–water partition coefficient (Wildman–Crippen LogP) is 7.45. The van der Waals surface area contributed by atoms with E-state index in [-0.39, 0.29) is 11.3 Å². The van der Waals surface area contributed by atoms with Crippen molar-refractivity contribution in [3.8, 4) is 11.3 Å². The van der Waals surface area contributed by atoms with E-state index in [2.05, 4.69) is 12.2 Å². The maximum absolute atomic E-state index is 12.9. The van der Waals surface area contributed by atoms with Gasteiger partial charge < -0.3 is 5.32 Å². The van der Waals surface area contributed by atoms with Gasteiger partial charge in [0.05, 0.1) is 34.5 Å². The molecule has 1 fully saturated rings. The number of carbonyl (C=O) groups is 1. The van der Waals surface area contributed by atoms with E-state index in [1.807, 2.05) is 48.0 Å². The first-order valence-electron chi connectivity index (χ1n) is 11.3. The number of carbonyl (C=O) groups excluding carboxylic acids is 1. The SMILES string of the molecule is Cc1ccc(Cn2nc(CNC(=O)C3(C)CCCCC3)cc2-c2ccc(Cl)c(Cl)c2)cc1Cl. The molecule has 1 amide bonds. The zero-order chi connectivity index (χ0) is 23.6. The Morgan fingerprint density at radius 3 is 2.45 bits per heavy atom. The van der Waals surface area contributed by atoms with Gasteiger partial charge in [0, 0.05) is 16.0 Å². The second-order valence-corrected chi connectivity index (χ2v) is 10.4. The third kappa shape index (κ3) is 5.56. The molecule has 0 saturated heterocycles. The molecule has 0 aliphatic heterocycles. The molecule has 0 atom stereocenters. The number of aryl methyl sites for hydroxylation is 1. The number of hydrogen-bond acceptors (Lipinski definition) is 2. The summed E-state index contributed by atoms with van der Waals surface area (Å²) in [5.41, 5.74) is 4.39. The zero-order valence-corrected chi connectivity index (χ0v) is 21.2. The van der Waals surface area contributed by atoms with Crippen LogP contribution in [0.2, 0.25) is 15.1 Å². The number of rotatable bonds is 6. The number of aromatic nitrogens is 2. The van der Waals surface area contributed by atoms with Crippen molar-refractivity contribution >= 4 is 40.7 Å². The fraction of sp³-hybridized carbons (Fsp3) is 0.385. The largest absolute Gasteiger partial charge is 0.350 e. The minimum Gasteiger partial charge on any atom is -0.350 e. The standard InChI is InChI=1S/C26H28Cl3N3O/c1-17-6-7-18(12-22(17)28)16-32-24(19-8-9-21(27)23(29)13-19)14-20(31-32)15-30-25(33)26(2)10-4-3-5-11-26/h6-9,12-14H,3-5,10-11,15-16H2,1-2H3,(H,30,33). The minimum absolute atomic E-state index is 0.109. The molecule has 7 heteroatoms. The molecule has 1 aliphatic rings.